The smallest absolute Gasteiger partial charge is 0.339 e. The maximum Gasteiger partial charge on any atom is 0.399 e. The van der Waals surface area contributed by atoms with Crippen molar-refractivity contribution < 1.29 is 42.3 Å². The molecule has 264 valence electrons. The first-order chi connectivity index (χ1) is 22.4. The van der Waals surface area contributed by atoms with Gasteiger partial charge in [-0.25, -0.2) is 0 Å². The standard InChI is InChI=1S/C33H45F2N4O7PS/c1-5-6-9-27(40)38-16-13-20-12-15-37(19-24(20)38)30(42)23-8-7-14-39(23)31(43)28(32(2,3)4)36-29(41)26-18-21-17-22(10-11-25(21)48-26)33(34,35)47(44,45)46/h10-11,17-18,20,23-24,28H,5-9,12-16,19H2,1-4H3,(H,36,41)(H2,44,45,46)/t20-,23-,24-,28+/m0/s1. The fourth-order valence-electron chi connectivity index (χ4n) is 7.15. The van der Waals surface area contributed by atoms with Crippen molar-refractivity contribution in [2.45, 2.75) is 96.4 Å². The van der Waals surface area contributed by atoms with Gasteiger partial charge in [0.2, 0.25) is 17.7 Å². The third-order valence-electron chi connectivity index (χ3n) is 9.90. The first-order valence-corrected chi connectivity index (χ1v) is 19.0. The minimum absolute atomic E-state index is 0.0142. The van der Waals surface area contributed by atoms with E-state index in [-0.39, 0.29) is 34.0 Å². The molecule has 3 saturated heterocycles. The molecule has 4 amide bonds. The minimum atomic E-state index is -5.77. The number of amides is 4. The summed E-state index contributed by atoms with van der Waals surface area (Å²) in [6.45, 7) is 9.56. The Kier molecular flexibility index (Phi) is 10.4. The minimum Gasteiger partial charge on any atom is -0.339 e. The van der Waals surface area contributed by atoms with Crippen LogP contribution in [0.3, 0.4) is 0 Å². The van der Waals surface area contributed by atoms with E-state index in [1.54, 1.807) is 30.6 Å². The molecule has 3 aliphatic heterocycles. The van der Waals surface area contributed by atoms with Gasteiger partial charge in [-0.1, -0.05) is 40.2 Å². The average molecular weight is 711 g/mol. The lowest BCUT2D eigenvalue weighted by atomic mass is 9.85. The molecule has 4 atom stereocenters. The topological polar surface area (TPSA) is 148 Å². The number of piperidine rings is 1. The van der Waals surface area contributed by atoms with Crippen LogP contribution in [-0.2, 0) is 24.6 Å². The summed E-state index contributed by atoms with van der Waals surface area (Å²) in [5.41, 5.74) is -6.01. The lowest BCUT2D eigenvalue weighted by molar-refractivity contribution is -0.148. The van der Waals surface area contributed by atoms with E-state index in [4.69, 9.17) is 9.79 Å². The van der Waals surface area contributed by atoms with E-state index in [0.29, 0.717) is 56.1 Å². The first-order valence-electron chi connectivity index (χ1n) is 16.6. The summed E-state index contributed by atoms with van der Waals surface area (Å²) in [5.74, 6) is -0.629. The fraction of sp³-hybridized carbons (Fsp3) is 0.636. The van der Waals surface area contributed by atoms with Crippen LogP contribution in [0.15, 0.2) is 24.3 Å². The number of benzene rings is 1. The molecule has 0 saturated carbocycles. The van der Waals surface area contributed by atoms with Crippen molar-refractivity contribution in [3.63, 3.8) is 0 Å². The van der Waals surface area contributed by atoms with E-state index in [2.05, 4.69) is 12.2 Å². The molecule has 1 aromatic heterocycles. The van der Waals surface area contributed by atoms with Gasteiger partial charge in [-0.3, -0.25) is 23.7 Å². The zero-order chi connectivity index (χ0) is 35.2. The molecule has 11 nitrogen and oxygen atoms in total. The Balaban J connectivity index is 1.30. The number of alkyl halides is 2. The molecule has 2 aromatic rings. The number of thiophene rings is 1. The molecule has 0 spiro atoms. The van der Waals surface area contributed by atoms with Crippen LogP contribution in [0.1, 0.15) is 87.9 Å². The van der Waals surface area contributed by atoms with E-state index >= 15 is 0 Å². The van der Waals surface area contributed by atoms with Crippen molar-refractivity contribution in [1.82, 2.24) is 20.0 Å². The number of rotatable bonds is 9. The quantitative estimate of drug-likeness (QED) is 0.314. The van der Waals surface area contributed by atoms with Gasteiger partial charge in [0.15, 0.2) is 0 Å². The molecule has 0 radical (unpaired) electrons. The lowest BCUT2D eigenvalue weighted by Crippen LogP contribution is -2.59. The lowest BCUT2D eigenvalue weighted by Gasteiger charge is -2.41. The summed E-state index contributed by atoms with van der Waals surface area (Å²) in [6, 6.07) is 2.79. The van der Waals surface area contributed by atoms with Gasteiger partial charge in [0.05, 0.1) is 10.9 Å². The van der Waals surface area contributed by atoms with E-state index in [0.717, 1.165) is 49.2 Å². The number of fused-ring (bicyclic) bond motifs is 2. The number of halogens is 2. The SMILES string of the molecule is CCCCC(=O)N1CC[C@@H]2CCN(C(=O)[C@@H]3CCCN3C(=O)[C@@H](NC(=O)c3cc4cc(C(F)(F)P(=O)(O)O)ccc4s3)C(C)(C)C)C[C@@H]21. The molecule has 0 bridgehead atoms. The number of carbonyl (C=O) groups is 4. The van der Waals surface area contributed by atoms with Crippen molar-refractivity contribution in [2.24, 2.45) is 11.3 Å². The van der Waals surface area contributed by atoms with Crippen molar-refractivity contribution in [3.05, 3.63) is 34.7 Å². The monoisotopic (exact) mass is 710 g/mol. The Morgan fingerprint density at radius 3 is 2.42 bits per heavy atom. The largest absolute Gasteiger partial charge is 0.399 e. The molecular weight excluding hydrogens is 665 g/mol. The van der Waals surface area contributed by atoms with Crippen molar-refractivity contribution >= 4 is 52.6 Å². The van der Waals surface area contributed by atoms with Gasteiger partial charge in [0.25, 0.3) is 5.91 Å². The number of hydrogen-bond acceptors (Lipinski definition) is 6. The van der Waals surface area contributed by atoms with Gasteiger partial charge in [-0.05, 0) is 67.0 Å². The third-order valence-corrected chi connectivity index (χ3v) is 12.0. The highest BCUT2D eigenvalue weighted by atomic mass is 32.1. The van der Waals surface area contributed by atoms with E-state index in [1.165, 1.54) is 12.1 Å². The Morgan fingerprint density at radius 1 is 1.04 bits per heavy atom. The molecule has 48 heavy (non-hydrogen) atoms. The summed E-state index contributed by atoms with van der Waals surface area (Å²) in [4.78, 5) is 78.2. The van der Waals surface area contributed by atoms with Crippen molar-refractivity contribution in [2.75, 3.05) is 26.2 Å². The number of hydrogen-bond donors (Lipinski definition) is 3. The van der Waals surface area contributed by atoms with Crippen LogP contribution in [0.25, 0.3) is 10.1 Å². The predicted molar refractivity (Wildman–Crippen MR) is 178 cm³/mol. The maximum absolute atomic E-state index is 14.3. The normalized spacial score (nSPS) is 22.6. The summed E-state index contributed by atoms with van der Waals surface area (Å²) in [5, 5.41) is 3.03. The molecular formula is C33H45F2N4O7PS. The highest BCUT2D eigenvalue weighted by Crippen LogP contribution is 2.59. The molecule has 3 aliphatic rings. The Hall–Kier alpha value is -2.93. The van der Waals surface area contributed by atoms with Gasteiger partial charge in [-0.2, -0.15) is 8.78 Å². The van der Waals surface area contributed by atoms with Crippen LogP contribution in [-0.4, -0.2) is 92.4 Å². The van der Waals surface area contributed by atoms with Crippen LogP contribution in [0.5, 0.6) is 0 Å². The second kappa shape index (κ2) is 13.8. The Labute approximate surface area is 283 Å². The number of unbranched alkanes of at least 4 members (excludes halogenated alkanes) is 1. The van der Waals surface area contributed by atoms with E-state index < -0.39 is 42.2 Å². The second-order valence-corrected chi connectivity index (χ2v) is 17.0. The molecule has 5 rings (SSSR count). The van der Waals surface area contributed by atoms with Crippen LogP contribution in [0, 0.1) is 11.3 Å². The van der Waals surface area contributed by atoms with Crippen LogP contribution >= 0.6 is 18.9 Å². The van der Waals surface area contributed by atoms with E-state index in [1.807, 2.05) is 4.90 Å². The fourth-order valence-corrected chi connectivity index (χ4v) is 8.57. The van der Waals surface area contributed by atoms with Crippen LogP contribution < -0.4 is 5.32 Å². The van der Waals surface area contributed by atoms with E-state index in [9.17, 15) is 32.5 Å². The van der Waals surface area contributed by atoms with Crippen molar-refractivity contribution in [3.8, 4) is 0 Å². The van der Waals surface area contributed by atoms with Gasteiger partial charge >= 0.3 is 13.3 Å². The number of likely N-dealkylation sites (tertiary alicyclic amines) is 3. The van der Waals surface area contributed by atoms with Gasteiger partial charge < -0.3 is 29.8 Å². The number of carbonyl (C=O) groups excluding carboxylic acids is 4. The summed E-state index contributed by atoms with van der Waals surface area (Å²) >= 11 is 1.00. The Morgan fingerprint density at radius 2 is 1.75 bits per heavy atom. The zero-order valence-electron chi connectivity index (χ0n) is 27.8. The highest BCUT2D eigenvalue weighted by molar-refractivity contribution is 7.52. The highest BCUT2D eigenvalue weighted by Gasteiger charge is 2.50. The maximum atomic E-state index is 14.3. The van der Waals surface area contributed by atoms with Gasteiger partial charge in [0, 0.05) is 42.9 Å². The van der Waals surface area contributed by atoms with Crippen LogP contribution in [0.2, 0.25) is 0 Å². The molecule has 3 N–H and O–H groups in total. The molecule has 0 unspecified atom stereocenters. The first kappa shape index (κ1) is 36.4. The predicted octanol–water partition coefficient (Wildman–Crippen LogP) is 4.90. The molecule has 3 fully saturated rings. The van der Waals surface area contributed by atoms with Crippen molar-refractivity contribution in [1.29, 1.82) is 0 Å². The summed E-state index contributed by atoms with van der Waals surface area (Å²) in [6.07, 6.45) is 5.16. The van der Waals surface area contributed by atoms with Crippen LogP contribution in [0.4, 0.5) is 8.78 Å². The molecule has 0 aliphatic carbocycles. The third kappa shape index (κ3) is 7.18. The van der Waals surface area contributed by atoms with Gasteiger partial charge in [-0.15, -0.1) is 11.3 Å². The number of nitrogens with zero attached hydrogens (tertiary/aromatic N) is 3. The Bertz CT molecular complexity index is 1620. The molecule has 1 aromatic carbocycles. The second-order valence-electron chi connectivity index (χ2n) is 14.3. The average Bonchev–Trinajstić information content (AvgIpc) is 3.78. The molecule has 15 heteroatoms. The molecule has 4 heterocycles. The zero-order valence-corrected chi connectivity index (χ0v) is 29.5. The summed E-state index contributed by atoms with van der Waals surface area (Å²) in [7, 11) is -5.77. The number of nitrogens with one attached hydrogen (secondary N) is 1. The summed E-state index contributed by atoms with van der Waals surface area (Å²) < 4.78 is 40.5. The van der Waals surface area contributed by atoms with Gasteiger partial charge in [0.1, 0.15) is 12.1 Å².